The molecule has 0 aromatic heterocycles. The maximum atomic E-state index is 13.9. The summed E-state index contributed by atoms with van der Waals surface area (Å²) in [6, 6.07) is 5.33. The Morgan fingerprint density at radius 1 is 1.05 bits per heavy atom. The van der Waals surface area contributed by atoms with Crippen LogP contribution in [-0.2, 0) is 0 Å². The summed E-state index contributed by atoms with van der Waals surface area (Å²) >= 11 is 0. The molecule has 0 radical (unpaired) electrons. The fourth-order valence-corrected chi connectivity index (χ4v) is 1.79. The highest BCUT2D eigenvalue weighted by Crippen LogP contribution is 2.30. The first kappa shape index (κ1) is 15.7. The van der Waals surface area contributed by atoms with Crippen LogP contribution in [0, 0.1) is 11.6 Å². The minimum absolute atomic E-state index is 0.0879. The van der Waals surface area contributed by atoms with E-state index in [2.05, 4.69) is 4.74 Å². The first-order valence-corrected chi connectivity index (χ1v) is 5.76. The molecule has 0 aliphatic heterocycles. The van der Waals surface area contributed by atoms with Crippen LogP contribution in [0.2, 0.25) is 0 Å². The molecule has 0 aliphatic carbocycles. The van der Waals surface area contributed by atoms with Crippen LogP contribution in [0.1, 0.15) is 10.4 Å². The summed E-state index contributed by atoms with van der Waals surface area (Å²) in [5.74, 6) is -4.54. The maximum absolute atomic E-state index is 13.9. The van der Waals surface area contributed by atoms with Gasteiger partial charge >= 0.3 is 12.3 Å². The molecule has 3 nitrogen and oxygen atoms in total. The van der Waals surface area contributed by atoms with E-state index in [1.54, 1.807) is 0 Å². The van der Waals surface area contributed by atoms with Crippen LogP contribution in [0.25, 0.3) is 11.1 Å². The fourth-order valence-electron chi connectivity index (χ4n) is 1.79. The molecule has 0 amide bonds. The molecule has 0 aliphatic rings. The van der Waals surface area contributed by atoms with Gasteiger partial charge in [-0.1, -0.05) is 12.1 Å². The van der Waals surface area contributed by atoms with Crippen LogP contribution >= 0.6 is 0 Å². The number of hydrogen-bond donors (Lipinski definition) is 1. The lowest BCUT2D eigenvalue weighted by Crippen LogP contribution is -2.17. The van der Waals surface area contributed by atoms with E-state index >= 15 is 0 Å². The number of benzene rings is 2. The van der Waals surface area contributed by atoms with Gasteiger partial charge in [-0.3, -0.25) is 0 Å². The first-order chi connectivity index (χ1) is 10.2. The van der Waals surface area contributed by atoms with Gasteiger partial charge in [0.15, 0.2) is 0 Å². The van der Waals surface area contributed by atoms with Crippen molar-refractivity contribution in [1.29, 1.82) is 0 Å². The molecular formula is C14H7F5O3. The van der Waals surface area contributed by atoms with E-state index in [0.29, 0.717) is 12.1 Å². The number of carboxylic acids is 1. The summed E-state index contributed by atoms with van der Waals surface area (Å²) in [6.07, 6.45) is -4.92. The normalized spacial score (nSPS) is 11.3. The molecule has 0 saturated carbocycles. The molecule has 116 valence electrons. The predicted molar refractivity (Wildman–Crippen MR) is 65.4 cm³/mol. The van der Waals surface area contributed by atoms with Gasteiger partial charge in [0.05, 0.1) is 5.56 Å². The van der Waals surface area contributed by atoms with Crippen LogP contribution < -0.4 is 4.74 Å². The van der Waals surface area contributed by atoms with Crippen LogP contribution in [-0.4, -0.2) is 17.4 Å². The quantitative estimate of drug-likeness (QED) is 0.862. The van der Waals surface area contributed by atoms with E-state index in [4.69, 9.17) is 5.11 Å². The molecule has 0 atom stereocenters. The number of halogens is 5. The molecule has 2 aromatic carbocycles. The molecule has 1 N–H and O–H groups in total. The smallest absolute Gasteiger partial charge is 0.478 e. The van der Waals surface area contributed by atoms with Crippen LogP contribution in [0.3, 0.4) is 0 Å². The van der Waals surface area contributed by atoms with Crippen molar-refractivity contribution in [3.63, 3.8) is 0 Å². The van der Waals surface area contributed by atoms with Gasteiger partial charge in [0.2, 0.25) is 0 Å². The van der Waals surface area contributed by atoms with Crippen molar-refractivity contribution in [3.05, 3.63) is 53.6 Å². The van der Waals surface area contributed by atoms with Gasteiger partial charge in [0.25, 0.3) is 0 Å². The highest BCUT2D eigenvalue weighted by molar-refractivity contribution is 5.88. The van der Waals surface area contributed by atoms with Crippen molar-refractivity contribution < 1.29 is 36.6 Å². The third-order valence-electron chi connectivity index (χ3n) is 2.67. The summed E-state index contributed by atoms with van der Waals surface area (Å²) in [4.78, 5) is 10.7. The monoisotopic (exact) mass is 318 g/mol. The molecule has 0 heterocycles. The third kappa shape index (κ3) is 3.51. The summed E-state index contributed by atoms with van der Waals surface area (Å²) in [6.45, 7) is 0. The van der Waals surface area contributed by atoms with E-state index in [1.165, 1.54) is 12.1 Å². The van der Waals surface area contributed by atoms with E-state index in [1.807, 2.05) is 0 Å². The van der Waals surface area contributed by atoms with E-state index in [0.717, 1.165) is 12.1 Å². The summed E-state index contributed by atoms with van der Waals surface area (Å²) in [5.41, 5.74) is -1.34. The van der Waals surface area contributed by atoms with Crippen molar-refractivity contribution in [2.45, 2.75) is 6.36 Å². The standard InChI is InChI=1S/C14H7F5O3/c15-11-6-10(13(20)21)12(16)5-9(11)7-2-1-3-8(4-7)22-14(17,18)19/h1-6H,(H,20,21). The van der Waals surface area contributed by atoms with Crippen molar-refractivity contribution in [2.75, 3.05) is 0 Å². The summed E-state index contributed by atoms with van der Waals surface area (Å²) in [7, 11) is 0. The van der Waals surface area contributed by atoms with E-state index < -0.39 is 35.3 Å². The Labute approximate surface area is 120 Å². The molecule has 0 saturated heterocycles. The minimum Gasteiger partial charge on any atom is -0.478 e. The Kier molecular flexibility index (Phi) is 4.03. The summed E-state index contributed by atoms with van der Waals surface area (Å²) < 4.78 is 67.5. The lowest BCUT2D eigenvalue weighted by Gasteiger charge is -2.11. The van der Waals surface area contributed by atoms with Crippen LogP contribution in [0.5, 0.6) is 5.75 Å². The predicted octanol–water partition coefficient (Wildman–Crippen LogP) is 4.23. The Bertz CT molecular complexity index is 725. The number of carbonyl (C=O) groups is 1. The maximum Gasteiger partial charge on any atom is 0.573 e. The van der Waals surface area contributed by atoms with Crippen molar-refractivity contribution in [3.8, 4) is 16.9 Å². The Morgan fingerprint density at radius 2 is 1.73 bits per heavy atom. The van der Waals surface area contributed by atoms with Crippen LogP contribution in [0.15, 0.2) is 36.4 Å². The zero-order valence-electron chi connectivity index (χ0n) is 10.6. The Balaban J connectivity index is 2.46. The number of alkyl halides is 3. The first-order valence-electron chi connectivity index (χ1n) is 5.76. The molecule has 8 heteroatoms. The SMILES string of the molecule is O=C(O)c1cc(F)c(-c2cccc(OC(F)(F)F)c2)cc1F. The molecule has 0 fully saturated rings. The lowest BCUT2D eigenvalue weighted by atomic mass is 10.0. The summed E-state index contributed by atoms with van der Waals surface area (Å²) in [5, 5.41) is 8.67. The molecule has 0 unspecified atom stereocenters. The number of rotatable bonds is 3. The Hall–Kier alpha value is -2.64. The van der Waals surface area contributed by atoms with Gasteiger partial charge < -0.3 is 9.84 Å². The molecule has 0 spiro atoms. The zero-order chi connectivity index (χ0) is 16.5. The largest absolute Gasteiger partial charge is 0.573 e. The van der Waals surface area contributed by atoms with Gasteiger partial charge in [-0.2, -0.15) is 0 Å². The molecule has 2 rings (SSSR count). The second kappa shape index (κ2) is 5.63. The second-order valence-electron chi connectivity index (χ2n) is 4.19. The topological polar surface area (TPSA) is 46.5 Å². The number of aromatic carboxylic acids is 1. The van der Waals surface area contributed by atoms with Gasteiger partial charge in [0.1, 0.15) is 17.4 Å². The highest BCUT2D eigenvalue weighted by atomic mass is 19.4. The average Bonchev–Trinajstić information content (AvgIpc) is 2.39. The van der Waals surface area contributed by atoms with Crippen molar-refractivity contribution in [2.24, 2.45) is 0 Å². The zero-order valence-corrected chi connectivity index (χ0v) is 10.6. The molecule has 22 heavy (non-hydrogen) atoms. The van der Waals surface area contributed by atoms with Gasteiger partial charge in [0, 0.05) is 5.56 Å². The fraction of sp³-hybridized carbons (Fsp3) is 0.0714. The van der Waals surface area contributed by atoms with Gasteiger partial charge in [-0.05, 0) is 29.8 Å². The second-order valence-corrected chi connectivity index (χ2v) is 4.19. The van der Waals surface area contributed by atoms with Gasteiger partial charge in [-0.15, -0.1) is 13.2 Å². The average molecular weight is 318 g/mol. The van der Waals surface area contributed by atoms with Crippen LogP contribution in [0.4, 0.5) is 22.0 Å². The molecule has 0 bridgehead atoms. The van der Waals surface area contributed by atoms with Gasteiger partial charge in [-0.25, -0.2) is 13.6 Å². The minimum atomic E-state index is -4.92. The third-order valence-corrected chi connectivity index (χ3v) is 2.67. The van der Waals surface area contributed by atoms with Crippen molar-refractivity contribution >= 4 is 5.97 Å². The number of hydrogen-bond acceptors (Lipinski definition) is 2. The van der Waals surface area contributed by atoms with E-state index in [9.17, 15) is 26.7 Å². The molecular weight excluding hydrogens is 311 g/mol. The van der Waals surface area contributed by atoms with E-state index in [-0.39, 0.29) is 11.1 Å². The Morgan fingerprint density at radius 3 is 2.32 bits per heavy atom. The number of carboxylic acid groups (broad SMARTS) is 1. The highest BCUT2D eigenvalue weighted by Gasteiger charge is 2.31. The lowest BCUT2D eigenvalue weighted by molar-refractivity contribution is -0.274. The molecule has 2 aromatic rings. The van der Waals surface area contributed by atoms with Crippen molar-refractivity contribution in [1.82, 2.24) is 0 Å². The number of ether oxygens (including phenoxy) is 1.